The van der Waals surface area contributed by atoms with Crippen molar-refractivity contribution in [3.8, 4) is 0 Å². The first kappa shape index (κ1) is 14.9. The van der Waals surface area contributed by atoms with E-state index in [9.17, 15) is 4.79 Å². The average molecular weight is 338 g/mol. The van der Waals surface area contributed by atoms with Crippen molar-refractivity contribution >= 4 is 21.6 Å². The Balaban J connectivity index is 2.47. The van der Waals surface area contributed by atoms with E-state index < -0.39 is 0 Å². The van der Waals surface area contributed by atoms with E-state index in [1.54, 1.807) is 4.68 Å². The topological polar surface area (TPSA) is 52.9 Å². The zero-order chi connectivity index (χ0) is 14.7. The summed E-state index contributed by atoms with van der Waals surface area (Å²) in [6, 6.07) is 7.99. The highest BCUT2D eigenvalue weighted by atomic mass is 79.9. The number of rotatable bonds is 5. The van der Waals surface area contributed by atoms with Crippen molar-refractivity contribution < 1.29 is 0 Å². The van der Waals surface area contributed by atoms with E-state index in [1.165, 1.54) is 0 Å². The first-order valence-corrected chi connectivity index (χ1v) is 7.70. The van der Waals surface area contributed by atoms with Crippen molar-refractivity contribution in [2.45, 2.75) is 39.8 Å². The fourth-order valence-corrected chi connectivity index (χ4v) is 2.91. The van der Waals surface area contributed by atoms with E-state index in [2.05, 4.69) is 22.9 Å². The molecule has 0 radical (unpaired) electrons. The number of nitrogens with two attached hydrogens (primary N) is 1. The van der Waals surface area contributed by atoms with Gasteiger partial charge in [-0.05, 0) is 30.5 Å². The van der Waals surface area contributed by atoms with Gasteiger partial charge in [-0.15, -0.1) is 0 Å². The molecule has 1 heterocycles. The maximum absolute atomic E-state index is 12.3. The third kappa shape index (κ3) is 2.82. The summed E-state index contributed by atoms with van der Waals surface area (Å²) in [6.07, 6.45) is 1.74. The van der Waals surface area contributed by atoms with Crippen molar-refractivity contribution in [3.05, 3.63) is 50.3 Å². The molecule has 2 rings (SSSR count). The molecule has 0 aliphatic carbocycles. The molecule has 1 aromatic heterocycles. The minimum absolute atomic E-state index is 0.0877. The van der Waals surface area contributed by atoms with Crippen molar-refractivity contribution in [1.82, 2.24) is 9.36 Å². The van der Waals surface area contributed by atoms with Crippen molar-refractivity contribution in [2.24, 2.45) is 0 Å². The van der Waals surface area contributed by atoms with Crippen LogP contribution in [0.3, 0.4) is 0 Å². The van der Waals surface area contributed by atoms with Gasteiger partial charge < -0.3 is 5.73 Å². The van der Waals surface area contributed by atoms with Gasteiger partial charge in [-0.3, -0.25) is 9.48 Å². The number of halogens is 1. The zero-order valence-corrected chi connectivity index (χ0v) is 13.5. The number of nitrogen functional groups attached to an aromatic ring is 1. The first-order chi connectivity index (χ1) is 9.58. The minimum atomic E-state index is -0.0877. The summed E-state index contributed by atoms with van der Waals surface area (Å²) in [6.45, 7) is 5.48. The highest BCUT2D eigenvalue weighted by Crippen LogP contribution is 2.15. The van der Waals surface area contributed by atoms with E-state index in [0.29, 0.717) is 12.2 Å². The Morgan fingerprint density at radius 2 is 2.00 bits per heavy atom. The van der Waals surface area contributed by atoms with Crippen molar-refractivity contribution in [3.63, 3.8) is 0 Å². The van der Waals surface area contributed by atoms with Gasteiger partial charge in [-0.25, -0.2) is 4.68 Å². The van der Waals surface area contributed by atoms with Gasteiger partial charge in [-0.1, -0.05) is 41.9 Å². The molecule has 1 aromatic carbocycles. The van der Waals surface area contributed by atoms with Crippen LogP contribution in [-0.4, -0.2) is 9.36 Å². The van der Waals surface area contributed by atoms with Crippen LogP contribution < -0.4 is 11.3 Å². The lowest BCUT2D eigenvalue weighted by Gasteiger charge is -2.13. The maximum atomic E-state index is 12.3. The van der Waals surface area contributed by atoms with Crippen LogP contribution in [0.15, 0.2) is 33.5 Å². The molecule has 0 saturated heterocycles. The van der Waals surface area contributed by atoms with Gasteiger partial charge in [0, 0.05) is 11.0 Å². The van der Waals surface area contributed by atoms with E-state index in [-0.39, 0.29) is 5.56 Å². The second-order valence-corrected chi connectivity index (χ2v) is 5.75. The second kappa shape index (κ2) is 6.31. The number of hydrogen-bond donors (Lipinski definition) is 1. The zero-order valence-electron chi connectivity index (χ0n) is 11.9. The Hall–Kier alpha value is -1.49. The van der Waals surface area contributed by atoms with Crippen molar-refractivity contribution in [2.75, 3.05) is 5.73 Å². The Morgan fingerprint density at radius 1 is 1.25 bits per heavy atom. The molecule has 0 saturated carbocycles. The molecule has 0 unspecified atom stereocenters. The van der Waals surface area contributed by atoms with Gasteiger partial charge in [0.05, 0.1) is 12.2 Å². The predicted molar refractivity (Wildman–Crippen MR) is 86.0 cm³/mol. The fourth-order valence-electron chi connectivity index (χ4n) is 2.46. The molecule has 0 bridgehead atoms. The Kier molecular flexibility index (Phi) is 4.70. The van der Waals surface area contributed by atoms with Crippen LogP contribution in [0.1, 0.15) is 31.5 Å². The van der Waals surface area contributed by atoms with Gasteiger partial charge >= 0.3 is 0 Å². The van der Waals surface area contributed by atoms with E-state index in [0.717, 1.165) is 35.1 Å². The van der Waals surface area contributed by atoms with Crippen LogP contribution >= 0.6 is 15.9 Å². The van der Waals surface area contributed by atoms with Crippen LogP contribution in [0.2, 0.25) is 0 Å². The Labute approximate surface area is 127 Å². The summed E-state index contributed by atoms with van der Waals surface area (Å²) in [5.41, 5.74) is 8.28. The molecule has 108 valence electrons. The molecule has 2 aromatic rings. The number of benzene rings is 1. The highest BCUT2D eigenvalue weighted by molar-refractivity contribution is 9.10. The van der Waals surface area contributed by atoms with Gasteiger partial charge in [0.25, 0.3) is 5.56 Å². The SMILES string of the molecule is CCCn1c(CC)c(N)c(=O)n1Cc1cccc(Br)c1. The fraction of sp³-hybridized carbons (Fsp3) is 0.400. The van der Waals surface area contributed by atoms with Gasteiger partial charge in [0.15, 0.2) is 0 Å². The lowest BCUT2D eigenvalue weighted by molar-refractivity contribution is 0.452. The highest BCUT2D eigenvalue weighted by Gasteiger charge is 2.15. The molecule has 0 aliphatic heterocycles. The molecule has 5 heteroatoms. The molecular weight excluding hydrogens is 318 g/mol. The quantitative estimate of drug-likeness (QED) is 0.911. The smallest absolute Gasteiger partial charge is 0.290 e. The summed E-state index contributed by atoms with van der Waals surface area (Å²) in [5, 5.41) is 0. The largest absolute Gasteiger partial charge is 0.393 e. The number of aromatic nitrogens is 2. The summed E-state index contributed by atoms with van der Waals surface area (Å²) in [4.78, 5) is 12.3. The minimum Gasteiger partial charge on any atom is -0.393 e. The van der Waals surface area contributed by atoms with Crippen LogP contribution in [0, 0.1) is 0 Å². The van der Waals surface area contributed by atoms with Crippen LogP contribution in [0.25, 0.3) is 0 Å². The molecule has 0 amide bonds. The molecule has 0 spiro atoms. The molecular formula is C15H20BrN3O. The predicted octanol–water partition coefficient (Wildman–Crippen LogP) is 3.02. The van der Waals surface area contributed by atoms with E-state index >= 15 is 0 Å². The molecule has 20 heavy (non-hydrogen) atoms. The average Bonchev–Trinajstić information content (AvgIpc) is 2.64. The van der Waals surface area contributed by atoms with Gasteiger partial charge in [0.2, 0.25) is 0 Å². The van der Waals surface area contributed by atoms with E-state index in [1.807, 2.05) is 35.9 Å². The molecule has 0 atom stereocenters. The lowest BCUT2D eigenvalue weighted by atomic mass is 10.2. The third-order valence-corrected chi connectivity index (χ3v) is 3.86. The summed E-state index contributed by atoms with van der Waals surface area (Å²) in [7, 11) is 0. The van der Waals surface area contributed by atoms with Gasteiger partial charge in [-0.2, -0.15) is 0 Å². The molecule has 4 nitrogen and oxygen atoms in total. The van der Waals surface area contributed by atoms with Crippen LogP contribution in [0.5, 0.6) is 0 Å². The number of anilines is 1. The Morgan fingerprint density at radius 3 is 2.60 bits per heavy atom. The summed E-state index contributed by atoms with van der Waals surface area (Å²) < 4.78 is 4.79. The first-order valence-electron chi connectivity index (χ1n) is 6.90. The van der Waals surface area contributed by atoms with Crippen LogP contribution in [0.4, 0.5) is 5.69 Å². The van der Waals surface area contributed by atoms with E-state index in [4.69, 9.17) is 5.73 Å². The van der Waals surface area contributed by atoms with Gasteiger partial charge in [0.1, 0.15) is 5.69 Å². The normalized spacial score (nSPS) is 10.9. The van der Waals surface area contributed by atoms with Crippen molar-refractivity contribution in [1.29, 1.82) is 0 Å². The molecule has 2 N–H and O–H groups in total. The molecule has 0 fully saturated rings. The Bertz CT molecular complexity index is 658. The van der Waals surface area contributed by atoms with Crippen LogP contribution in [-0.2, 0) is 19.5 Å². The summed E-state index contributed by atoms with van der Waals surface area (Å²) in [5.74, 6) is 0. The number of hydrogen-bond acceptors (Lipinski definition) is 2. The summed E-state index contributed by atoms with van der Waals surface area (Å²) >= 11 is 3.46. The monoisotopic (exact) mass is 337 g/mol. The lowest BCUT2D eigenvalue weighted by Crippen LogP contribution is -2.25. The second-order valence-electron chi connectivity index (χ2n) is 4.83. The third-order valence-electron chi connectivity index (χ3n) is 3.37. The number of nitrogens with zero attached hydrogens (tertiary/aromatic N) is 2. The standard InChI is InChI=1S/C15H20BrN3O/c1-3-8-18-13(4-2)14(17)15(20)19(18)10-11-6-5-7-12(16)9-11/h5-7,9H,3-4,8,10,17H2,1-2H3. The molecule has 0 aliphatic rings. The maximum Gasteiger partial charge on any atom is 0.290 e.